The molecule has 1 aliphatic carbocycles. The van der Waals surface area contributed by atoms with Crippen molar-refractivity contribution in [1.29, 1.82) is 0 Å². The molecule has 0 saturated heterocycles. The number of rotatable bonds is 6. The number of carboxylic acid groups (broad SMARTS) is 1. The lowest BCUT2D eigenvalue weighted by Gasteiger charge is -2.14. The Morgan fingerprint density at radius 3 is 2.68 bits per heavy atom. The van der Waals surface area contributed by atoms with E-state index in [1.54, 1.807) is 19.1 Å². The molecule has 2 N–H and O–H groups in total. The van der Waals surface area contributed by atoms with Crippen LogP contribution >= 0.6 is 0 Å². The Morgan fingerprint density at radius 2 is 2.04 bits per heavy atom. The number of nitrogens with one attached hydrogen (secondary N) is 1. The van der Waals surface area contributed by atoms with Gasteiger partial charge < -0.3 is 19.6 Å². The molecule has 1 aromatic heterocycles. The van der Waals surface area contributed by atoms with Crippen LogP contribution in [0.2, 0.25) is 0 Å². The Hall–Kier alpha value is -2.76. The Labute approximate surface area is 145 Å². The van der Waals surface area contributed by atoms with Crippen LogP contribution in [0.3, 0.4) is 0 Å². The number of carboxylic acids is 1. The summed E-state index contributed by atoms with van der Waals surface area (Å²) in [6.45, 7) is 1.77. The molecule has 0 unspecified atom stereocenters. The van der Waals surface area contributed by atoms with Crippen LogP contribution in [0.5, 0.6) is 5.75 Å². The van der Waals surface area contributed by atoms with Crippen molar-refractivity contribution in [3.05, 3.63) is 47.4 Å². The van der Waals surface area contributed by atoms with Crippen molar-refractivity contribution in [1.82, 2.24) is 0 Å². The fourth-order valence-corrected chi connectivity index (χ4v) is 3.02. The number of hydrogen-bond donors (Lipinski definition) is 2. The van der Waals surface area contributed by atoms with Crippen molar-refractivity contribution in [2.75, 3.05) is 5.32 Å². The number of aryl methyl sites for hydroxylation is 1. The maximum absolute atomic E-state index is 12.3. The van der Waals surface area contributed by atoms with Crippen molar-refractivity contribution in [2.45, 2.75) is 45.1 Å². The van der Waals surface area contributed by atoms with Crippen molar-refractivity contribution in [3.63, 3.8) is 0 Å². The van der Waals surface area contributed by atoms with Crippen molar-refractivity contribution < 1.29 is 23.8 Å². The van der Waals surface area contributed by atoms with Crippen molar-refractivity contribution in [2.24, 2.45) is 0 Å². The van der Waals surface area contributed by atoms with Gasteiger partial charge in [-0.25, -0.2) is 4.79 Å². The van der Waals surface area contributed by atoms with Crippen molar-refractivity contribution >= 4 is 17.6 Å². The zero-order valence-electron chi connectivity index (χ0n) is 14.1. The second-order valence-corrected chi connectivity index (χ2v) is 6.11. The smallest absolute Gasteiger partial charge is 0.339 e. The maximum Gasteiger partial charge on any atom is 0.339 e. The van der Waals surface area contributed by atoms with Gasteiger partial charge in [-0.3, -0.25) is 4.79 Å². The van der Waals surface area contributed by atoms with Gasteiger partial charge in [0.1, 0.15) is 17.1 Å². The van der Waals surface area contributed by atoms with Gasteiger partial charge in [-0.2, -0.15) is 0 Å². The summed E-state index contributed by atoms with van der Waals surface area (Å²) >= 11 is 0. The summed E-state index contributed by atoms with van der Waals surface area (Å²) in [5, 5.41) is 11.9. The third-order valence-corrected chi connectivity index (χ3v) is 4.28. The first-order valence-electron chi connectivity index (χ1n) is 8.51. The SMILES string of the molecule is CCc1oc(C(=O)Nc2cccc(OC3CCCC3)c2)cc1C(=O)O. The van der Waals surface area contributed by atoms with E-state index in [-0.39, 0.29) is 23.2 Å². The number of carbonyl (C=O) groups excluding carboxylic acids is 1. The van der Waals surface area contributed by atoms with E-state index in [1.807, 2.05) is 12.1 Å². The summed E-state index contributed by atoms with van der Waals surface area (Å²) in [6.07, 6.45) is 5.12. The number of amides is 1. The van der Waals surface area contributed by atoms with E-state index in [1.165, 1.54) is 18.9 Å². The topological polar surface area (TPSA) is 88.8 Å². The Kier molecular flexibility index (Phi) is 5.07. The van der Waals surface area contributed by atoms with Crippen LogP contribution in [0, 0.1) is 0 Å². The highest BCUT2D eigenvalue weighted by atomic mass is 16.5. The molecule has 0 radical (unpaired) electrons. The molecule has 0 spiro atoms. The van der Waals surface area contributed by atoms with Crippen LogP contribution in [-0.4, -0.2) is 23.1 Å². The molecular formula is C19H21NO5. The summed E-state index contributed by atoms with van der Waals surface area (Å²) in [4.78, 5) is 23.5. The van der Waals surface area contributed by atoms with E-state index in [2.05, 4.69) is 5.32 Å². The minimum atomic E-state index is -1.10. The lowest BCUT2D eigenvalue weighted by Crippen LogP contribution is -2.13. The Bertz CT molecular complexity index is 774. The number of anilines is 1. The molecule has 25 heavy (non-hydrogen) atoms. The molecule has 1 aromatic carbocycles. The summed E-state index contributed by atoms with van der Waals surface area (Å²) < 4.78 is 11.3. The molecule has 0 atom stereocenters. The maximum atomic E-state index is 12.3. The van der Waals surface area contributed by atoms with Gasteiger partial charge in [-0.1, -0.05) is 13.0 Å². The van der Waals surface area contributed by atoms with Crippen LogP contribution in [0.4, 0.5) is 5.69 Å². The number of ether oxygens (including phenoxy) is 1. The lowest BCUT2D eigenvalue weighted by atomic mass is 10.2. The first kappa shape index (κ1) is 17.1. The summed E-state index contributed by atoms with van der Waals surface area (Å²) in [7, 11) is 0. The molecule has 0 bridgehead atoms. The fourth-order valence-electron chi connectivity index (χ4n) is 3.02. The molecule has 6 heteroatoms. The van der Waals surface area contributed by atoms with Gasteiger partial charge in [0.05, 0.1) is 6.10 Å². The zero-order chi connectivity index (χ0) is 17.8. The van der Waals surface area contributed by atoms with Gasteiger partial charge in [-0.15, -0.1) is 0 Å². The number of furan rings is 1. The van der Waals surface area contributed by atoms with Crippen molar-refractivity contribution in [3.8, 4) is 5.75 Å². The molecule has 3 rings (SSSR count). The van der Waals surface area contributed by atoms with E-state index in [0.717, 1.165) is 12.8 Å². The predicted molar refractivity (Wildman–Crippen MR) is 92.3 cm³/mol. The highest BCUT2D eigenvalue weighted by Crippen LogP contribution is 2.26. The van der Waals surface area contributed by atoms with Gasteiger partial charge in [0.15, 0.2) is 5.76 Å². The first-order chi connectivity index (χ1) is 12.1. The minimum Gasteiger partial charge on any atom is -0.490 e. The molecule has 0 aliphatic heterocycles. The normalized spacial score (nSPS) is 14.4. The van der Waals surface area contributed by atoms with Gasteiger partial charge in [-0.05, 0) is 37.8 Å². The van der Waals surface area contributed by atoms with Crippen LogP contribution in [0.1, 0.15) is 59.3 Å². The molecule has 1 fully saturated rings. The number of hydrogen-bond acceptors (Lipinski definition) is 4. The average Bonchev–Trinajstić information content (AvgIpc) is 3.24. The zero-order valence-corrected chi connectivity index (χ0v) is 14.1. The Morgan fingerprint density at radius 1 is 1.28 bits per heavy atom. The quantitative estimate of drug-likeness (QED) is 0.824. The summed E-state index contributed by atoms with van der Waals surface area (Å²) in [5.41, 5.74) is 0.595. The van der Waals surface area contributed by atoms with Gasteiger partial charge in [0, 0.05) is 24.2 Å². The van der Waals surface area contributed by atoms with Gasteiger partial charge in [0.2, 0.25) is 0 Å². The van der Waals surface area contributed by atoms with E-state index < -0.39 is 11.9 Å². The van der Waals surface area contributed by atoms with Gasteiger partial charge in [0.25, 0.3) is 5.91 Å². The monoisotopic (exact) mass is 343 g/mol. The minimum absolute atomic E-state index is 0.0173. The third-order valence-electron chi connectivity index (χ3n) is 4.28. The highest BCUT2D eigenvalue weighted by Gasteiger charge is 2.20. The second-order valence-electron chi connectivity index (χ2n) is 6.11. The molecule has 1 aliphatic rings. The van der Waals surface area contributed by atoms with E-state index >= 15 is 0 Å². The van der Waals surface area contributed by atoms with E-state index in [4.69, 9.17) is 14.3 Å². The lowest BCUT2D eigenvalue weighted by molar-refractivity contribution is 0.0694. The molecular weight excluding hydrogens is 322 g/mol. The highest BCUT2D eigenvalue weighted by molar-refractivity contribution is 6.04. The van der Waals surface area contributed by atoms with Crippen LogP contribution in [0.15, 0.2) is 34.7 Å². The standard InChI is InChI=1S/C19H21NO5/c1-2-16-15(19(22)23)11-17(25-16)18(21)20-12-6-5-9-14(10-12)24-13-7-3-4-8-13/h5-6,9-11,13H,2-4,7-8H2,1H3,(H,20,21)(H,22,23). The Balaban J connectivity index is 1.71. The van der Waals surface area contributed by atoms with Crippen LogP contribution in [-0.2, 0) is 6.42 Å². The number of carbonyl (C=O) groups is 2. The first-order valence-corrected chi connectivity index (χ1v) is 8.51. The van der Waals surface area contributed by atoms with E-state index in [9.17, 15) is 9.59 Å². The largest absolute Gasteiger partial charge is 0.490 e. The molecule has 1 heterocycles. The third kappa shape index (κ3) is 4.02. The van der Waals surface area contributed by atoms with Gasteiger partial charge >= 0.3 is 5.97 Å². The summed E-state index contributed by atoms with van der Waals surface area (Å²) in [5.74, 6) is -0.608. The van der Waals surface area contributed by atoms with Crippen LogP contribution in [0.25, 0.3) is 0 Å². The average molecular weight is 343 g/mol. The van der Waals surface area contributed by atoms with E-state index in [0.29, 0.717) is 17.9 Å². The molecule has 1 saturated carbocycles. The molecule has 132 valence electrons. The molecule has 6 nitrogen and oxygen atoms in total. The second kappa shape index (κ2) is 7.42. The summed E-state index contributed by atoms with van der Waals surface area (Å²) in [6, 6.07) is 8.44. The number of benzene rings is 1. The number of aromatic carboxylic acids is 1. The van der Waals surface area contributed by atoms with Crippen LogP contribution < -0.4 is 10.1 Å². The fraction of sp³-hybridized carbons (Fsp3) is 0.368. The predicted octanol–water partition coefficient (Wildman–Crippen LogP) is 4.11. The molecule has 2 aromatic rings. The molecule has 1 amide bonds.